The van der Waals surface area contributed by atoms with Crippen molar-refractivity contribution in [3.8, 4) is 0 Å². The number of hydrogen-bond donors (Lipinski definition) is 1. The van der Waals surface area contributed by atoms with Crippen molar-refractivity contribution < 1.29 is 4.74 Å². The first-order valence-electron chi connectivity index (χ1n) is 9.99. The standard InChI is InChI=1S/C21H29N5OS/c1-16-24-18(15-28-16)8-9-23-21(22-2)26-13-19-20(14-26)27-11-10-25(19)12-17-6-4-3-5-7-17/h3-7,15,19-20H,8-14H2,1-2H3,(H,22,23). The van der Waals surface area contributed by atoms with E-state index in [9.17, 15) is 0 Å². The highest BCUT2D eigenvalue weighted by atomic mass is 32.1. The number of hydrogen-bond acceptors (Lipinski definition) is 5. The Hall–Kier alpha value is -1.96. The number of fused-ring (bicyclic) bond motifs is 1. The number of ether oxygens (including phenoxy) is 1. The monoisotopic (exact) mass is 399 g/mol. The summed E-state index contributed by atoms with van der Waals surface area (Å²) in [6.07, 6.45) is 1.16. The van der Waals surface area contributed by atoms with Crippen LogP contribution in [0.3, 0.4) is 0 Å². The summed E-state index contributed by atoms with van der Waals surface area (Å²) >= 11 is 1.71. The number of rotatable bonds is 5. The van der Waals surface area contributed by atoms with Crippen molar-refractivity contribution in [1.82, 2.24) is 20.1 Å². The molecule has 2 atom stereocenters. The van der Waals surface area contributed by atoms with Gasteiger partial charge in [-0.25, -0.2) is 4.98 Å². The predicted molar refractivity (Wildman–Crippen MR) is 114 cm³/mol. The molecule has 4 rings (SSSR count). The summed E-state index contributed by atoms with van der Waals surface area (Å²) in [5, 5.41) is 6.77. The second-order valence-corrected chi connectivity index (χ2v) is 8.48. The fraction of sp³-hybridized carbons (Fsp3) is 0.524. The summed E-state index contributed by atoms with van der Waals surface area (Å²) in [5.41, 5.74) is 2.51. The predicted octanol–water partition coefficient (Wildman–Crippen LogP) is 2.15. The van der Waals surface area contributed by atoms with E-state index in [2.05, 4.69) is 60.8 Å². The van der Waals surface area contributed by atoms with Gasteiger partial charge in [-0.1, -0.05) is 30.3 Å². The van der Waals surface area contributed by atoms with Crippen LogP contribution in [0.5, 0.6) is 0 Å². The van der Waals surface area contributed by atoms with Crippen LogP contribution in [0.1, 0.15) is 16.3 Å². The fourth-order valence-electron chi connectivity index (χ4n) is 4.10. The van der Waals surface area contributed by atoms with Crippen LogP contribution in [-0.2, 0) is 17.7 Å². The third kappa shape index (κ3) is 4.54. The number of likely N-dealkylation sites (tertiary alicyclic amines) is 1. The van der Waals surface area contributed by atoms with Crippen LogP contribution in [0, 0.1) is 6.92 Å². The smallest absolute Gasteiger partial charge is 0.193 e. The second-order valence-electron chi connectivity index (χ2n) is 7.42. The normalized spacial score (nSPS) is 23.1. The Bertz CT molecular complexity index is 793. The zero-order chi connectivity index (χ0) is 19.3. The van der Waals surface area contributed by atoms with Crippen LogP contribution in [0.25, 0.3) is 0 Å². The van der Waals surface area contributed by atoms with E-state index in [1.165, 1.54) is 5.56 Å². The third-order valence-electron chi connectivity index (χ3n) is 5.49. The highest BCUT2D eigenvalue weighted by Gasteiger charge is 2.41. The summed E-state index contributed by atoms with van der Waals surface area (Å²) in [4.78, 5) is 14.0. The molecule has 0 amide bonds. The molecule has 1 N–H and O–H groups in total. The van der Waals surface area contributed by atoms with Crippen molar-refractivity contribution >= 4 is 17.3 Å². The summed E-state index contributed by atoms with van der Waals surface area (Å²) in [6.45, 7) is 7.51. The van der Waals surface area contributed by atoms with Gasteiger partial charge in [-0.3, -0.25) is 9.89 Å². The Kier molecular flexibility index (Phi) is 6.24. The van der Waals surface area contributed by atoms with E-state index in [0.717, 1.165) is 62.4 Å². The average Bonchev–Trinajstić information content (AvgIpc) is 3.33. The van der Waals surface area contributed by atoms with Crippen molar-refractivity contribution in [2.24, 2.45) is 4.99 Å². The van der Waals surface area contributed by atoms with Crippen LogP contribution in [0.15, 0.2) is 40.7 Å². The first-order chi connectivity index (χ1) is 13.7. The molecule has 6 nitrogen and oxygen atoms in total. The minimum atomic E-state index is 0.247. The number of nitrogens with zero attached hydrogens (tertiary/aromatic N) is 4. The lowest BCUT2D eigenvalue weighted by atomic mass is 10.1. The summed E-state index contributed by atoms with van der Waals surface area (Å²) in [5.74, 6) is 0.963. The van der Waals surface area contributed by atoms with Crippen LogP contribution >= 0.6 is 11.3 Å². The molecule has 2 aromatic rings. The van der Waals surface area contributed by atoms with Gasteiger partial charge in [0.1, 0.15) is 0 Å². The topological polar surface area (TPSA) is 53.0 Å². The van der Waals surface area contributed by atoms with Crippen LogP contribution in [0.2, 0.25) is 0 Å². The maximum atomic E-state index is 6.10. The molecule has 1 aromatic heterocycles. The van der Waals surface area contributed by atoms with Gasteiger partial charge in [0, 0.05) is 51.6 Å². The summed E-state index contributed by atoms with van der Waals surface area (Å²) in [7, 11) is 1.86. The second kappa shape index (κ2) is 9.03. The van der Waals surface area contributed by atoms with E-state index >= 15 is 0 Å². The van der Waals surface area contributed by atoms with Crippen molar-refractivity contribution in [2.75, 3.05) is 39.8 Å². The molecule has 0 radical (unpaired) electrons. The Morgan fingerprint density at radius 1 is 1.32 bits per heavy atom. The third-order valence-corrected chi connectivity index (χ3v) is 6.31. The number of nitrogens with one attached hydrogen (secondary N) is 1. The van der Waals surface area contributed by atoms with E-state index in [1.807, 2.05) is 14.0 Å². The van der Waals surface area contributed by atoms with Crippen molar-refractivity contribution in [3.05, 3.63) is 52.0 Å². The molecule has 0 bridgehead atoms. The maximum Gasteiger partial charge on any atom is 0.193 e. The Balaban J connectivity index is 1.34. The van der Waals surface area contributed by atoms with E-state index in [-0.39, 0.29) is 6.10 Å². The highest BCUT2D eigenvalue weighted by Crippen LogP contribution is 2.24. The van der Waals surface area contributed by atoms with Crippen LogP contribution in [0.4, 0.5) is 0 Å². The van der Waals surface area contributed by atoms with Gasteiger partial charge >= 0.3 is 0 Å². The lowest BCUT2D eigenvalue weighted by molar-refractivity contribution is -0.0502. The van der Waals surface area contributed by atoms with Crippen molar-refractivity contribution in [1.29, 1.82) is 0 Å². The molecule has 2 aliphatic heterocycles. The Morgan fingerprint density at radius 3 is 2.93 bits per heavy atom. The molecule has 2 unspecified atom stereocenters. The van der Waals surface area contributed by atoms with Gasteiger partial charge in [0.05, 0.1) is 29.5 Å². The van der Waals surface area contributed by atoms with Gasteiger partial charge in [-0.05, 0) is 12.5 Å². The molecule has 0 saturated carbocycles. The fourth-order valence-corrected chi connectivity index (χ4v) is 4.75. The van der Waals surface area contributed by atoms with Gasteiger partial charge in [-0.15, -0.1) is 11.3 Å². The largest absolute Gasteiger partial charge is 0.373 e. The maximum absolute atomic E-state index is 6.10. The SMILES string of the molecule is CN=C(NCCc1csc(C)n1)N1CC2OCCN(Cc3ccccc3)C2C1. The van der Waals surface area contributed by atoms with Crippen molar-refractivity contribution in [3.63, 3.8) is 0 Å². The van der Waals surface area contributed by atoms with Gasteiger partial charge in [0.15, 0.2) is 5.96 Å². The molecule has 28 heavy (non-hydrogen) atoms. The molecule has 3 heterocycles. The number of aryl methyl sites for hydroxylation is 1. The number of benzene rings is 1. The molecule has 150 valence electrons. The number of aliphatic imine (C=N–C) groups is 1. The molecule has 2 fully saturated rings. The quantitative estimate of drug-likeness (QED) is 0.617. The zero-order valence-electron chi connectivity index (χ0n) is 16.7. The number of guanidine groups is 1. The van der Waals surface area contributed by atoms with Gasteiger partial charge in [0.2, 0.25) is 0 Å². The lowest BCUT2D eigenvalue weighted by Gasteiger charge is -2.36. The Morgan fingerprint density at radius 2 is 2.18 bits per heavy atom. The first-order valence-corrected chi connectivity index (χ1v) is 10.9. The molecule has 1 aromatic carbocycles. The number of aromatic nitrogens is 1. The minimum absolute atomic E-state index is 0.247. The van der Waals surface area contributed by atoms with Gasteiger partial charge < -0.3 is 15.0 Å². The van der Waals surface area contributed by atoms with Crippen molar-refractivity contribution in [2.45, 2.75) is 32.0 Å². The average molecular weight is 400 g/mol. The van der Waals surface area contributed by atoms with Crippen LogP contribution in [-0.4, -0.2) is 72.7 Å². The first kappa shape index (κ1) is 19.4. The molecule has 0 aliphatic carbocycles. The molecular weight excluding hydrogens is 370 g/mol. The highest BCUT2D eigenvalue weighted by molar-refractivity contribution is 7.09. The van der Waals surface area contributed by atoms with E-state index in [0.29, 0.717) is 6.04 Å². The molecule has 2 aliphatic rings. The van der Waals surface area contributed by atoms with E-state index in [4.69, 9.17) is 4.74 Å². The summed E-state index contributed by atoms with van der Waals surface area (Å²) in [6, 6.07) is 11.1. The molecule has 7 heteroatoms. The van der Waals surface area contributed by atoms with Gasteiger partial charge in [-0.2, -0.15) is 0 Å². The van der Waals surface area contributed by atoms with Crippen LogP contribution < -0.4 is 5.32 Å². The summed E-state index contributed by atoms with van der Waals surface area (Å²) < 4.78 is 6.10. The van der Waals surface area contributed by atoms with Gasteiger partial charge in [0.25, 0.3) is 0 Å². The zero-order valence-corrected chi connectivity index (χ0v) is 17.5. The molecule has 0 spiro atoms. The Labute approximate surface area is 171 Å². The lowest BCUT2D eigenvalue weighted by Crippen LogP contribution is -2.50. The molecule has 2 saturated heterocycles. The molecular formula is C21H29N5OS. The number of morpholine rings is 1. The van der Waals surface area contributed by atoms with E-state index < -0.39 is 0 Å². The number of thiazole rings is 1. The minimum Gasteiger partial charge on any atom is -0.373 e. The van der Waals surface area contributed by atoms with E-state index in [1.54, 1.807) is 11.3 Å².